The number of aliphatic carboxylic acids is 2. The number of hydrogen-bond acceptors (Lipinski definition) is 27. The van der Waals surface area contributed by atoms with Crippen LogP contribution in [0.1, 0.15) is 207 Å². The summed E-state index contributed by atoms with van der Waals surface area (Å²) in [6.45, 7) is 1.07. The molecule has 24 atom stereocenters. The second kappa shape index (κ2) is 47.6. The lowest BCUT2D eigenvalue weighted by Gasteiger charge is -2.51. The third-order valence-corrected chi connectivity index (χ3v) is 19.1. The smallest absolute Gasteiger partial charge is 0.364 e. The van der Waals surface area contributed by atoms with E-state index in [1.807, 2.05) is 6.08 Å². The summed E-state index contributed by atoms with van der Waals surface area (Å²) in [6, 6.07) is -4.73. The van der Waals surface area contributed by atoms with Crippen molar-refractivity contribution in [2.75, 3.05) is 33.0 Å². The molecule has 4 rings (SSSR count). The van der Waals surface area contributed by atoms with Crippen LogP contribution in [0.2, 0.25) is 0 Å². The van der Waals surface area contributed by atoms with E-state index in [0.29, 0.717) is 12.8 Å². The number of rotatable bonds is 51. The van der Waals surface area contributed by atoms with Crippen LogP contribution in [-0.4, -0.2) is 290 Å². The zero-order chi connectivity index (χ0) is 75.5. The largest absolute Gasteiger partial charge is 0.477 e. The number of aliphatic hydroxyl groups is 14. The van der Waals surface area contributed by atoms with Gasteiger partial charge in [0.25, 0.3) is 11.6 Å². The van der Waals surface area contributed by atoms with Crippen molar-refractivity contribution in [1.29, 1.82) is 0 Å². The molecule has 19 N–H and O–H groups in total. The topological polar surface area (TPSA) is 519 Å². The van der Waals surface area contributed by atoms with Crippen molar-refractivity contribution in [1.82, 2.24) is 16.0 Å². The lowest BCUT2D eigenvalue weighted by atomic mass is 9.87. The fraction of sp³-hybridized carbons (Fsp3) is 0.871. The number of carboxylic acid groups (broad SMARTS) is 2. The number of amides is 3. The van der Waals surface area contributed by atoms with Gasteiger partial charge in [-0.2, -0.15) is 0 Å². The van der Waals surface area contributed by atoms with E-state index in [0.717, 1.165) is 90.9 Å². The summed E-state index contributed by atoms with van der Waals surface area (Å²) >= 11 is 0. The van der Waals surface area contributed by atoms with Gasteiger partial charge in [-0.15, -0.1) is 0 Å². The highest BCUT2D eigenvalue weighted by Gasteiger charge is 2.62. The summed E-state index contributed by atoms with van der Waals surface area (Å²) in [6.07, 6.45) is -7.27. The normalized spacial score (nSPS) is 31.8. The Morgan fingerprint density at radius 1 is 0.529 bits per heavy atom. The number of carboxylic acids is 2. The second-order valence-electron chi connectivity index (χ2n) is 27.5. The molecule has 0 aromatic heterocycles. The van der Waals surface area contributed by atoms with Gasteiger partial charge in [-0.1, -0.05) is 154 Å². The molecule has 0 aliphatic carbocycles. The summed E-state index contributed by atoms with van der Waals surface area (Å²) in [7, 11) is 0. The van der Waals surface area contributed by atoms with E-state index in [1.54, 1.807) is 6.08 Å². The maximum atomic E-state index is 13.6. The molecule has 0 saturated carbocycles. The highest BCUT2D eigenvalue weighted by atomic mass is 16.8. The lowest BCUT2D eigenvalue weighted by Crippen LogP contribution is -2.72. The third kappa shape index (κ3) is 28.3. The molecule has 4 aliphatic rings. The van der Waals surface area contributed by atoms with Gasteiger partial charge in [0.15, 0.2) is 12.6 Å². The number of allylic oxidation sites excluding steroid dienone is 3. The van der Waals surface area contributed by atoms with E-state index in [-0.39, 0.29) is 12.3 Å². The van der Waals surface area contributed by atoms with E-state index >= 15 is 0 Å². The van der Waals surface area contributed by atoms with E-state index in [4.69, 9.17) is 37.9 Å². The number of aliphatic hydroxyl groups excluding tert-OH is 14. The fourth-order valence-electron chi connectivity index (χ4n) is 13.2. The van der Waals surface area contributed by atoms with E-state index in [1.165, 1.54) is 70.6 Å². The molecule has 0 radical (unpaired) electrons. The predicted molar refractivity (Wildman–Crippen MR) is 363 cm³/mol. The van der Waals surface area contributed by atoms with Gasteiger partial charge in [0.1, 0.15) is 85.5 Å². The second-order valence-corrected chi connectivity index (χ2v) is 27.5. The minimum atomic E-state index is -3.39. The first-order chi connectivity index (χ1) is 48.7. The number of hydrogen-bond donors (Lipinski definition) is 19. The van der Waals surface area contributed by atoms with Crippen LogP contribution < -0.4 is 16.0 Å². The van der Waals surface area contributed by atoms with E-state index < -0.39 is 216 Å². The van der Waals surface area contributed by atoms with Crippen molar-refractivity contribution in [3.8, 4) is 0 Å². The van der Waals surface area contributed by atoms with Crippen LogP contribution in [0.15, 0.2) is 24.3 Å². The highest BCUT2D eigenvalue weighted by Crippen LogP contribution is 2.41. The van der Waals surface area contributed by atoms with Crippen LogP contribution in [0.4, 0.5) is 0 Å². The summed E-state index contributed by atoms with van der Waals surface area (Å²) in [5.74, 6) is -13.1. The monoisotopic (exact) mass is 1470 g/mol. The molecule has 4 saturated heterocycles. The molecule has 4 aliphatic heterocycles. The molecule has 3 amide bonds. The molecule has 0 bridgehead atoms. The fourth-order valence-corrected chi connectivity index (χ4v) is 13.2. The Hall–Kier alpha value is -4.05. The third-order valence-electron chi connectivity index (χ3n) is 19.1. The van der Waals surface area contributed by atoms with Gasteiger partial charge < -0.3 is 136 Å². The summed E-state index contributed by atoms with van der Waals surface area (Å²) in [5, 5.41) is 185. The first-order valence-corrected chi connectivity index (χ1v) is 36.9. The van der Waals surface area contributed by atoms with Crippen LogP contribution in [-0.2, 0) is 61.9 Å². The highest BCUT2D eigenvalue weighted by molar-refractivity contribution is 5.78. The van der Waals surface area contributed by atoms with Crippen molar-refractivity contribution in [3.05, 3.63) is 24.3 Å². The van der Waals surface area contributed by atoms with Gasteiger partial charge in [-0.25, -0.2) is 9.59 Å². The van der Waals surface area contributed by atoms with Crippen molar-refractivity contribution < 1.29 is 144 Å². The van der Waals surface area contributed by atoms with Crippen LogP contribution in [0.5, 0.6) is 0 Å². The van der Waals surface area contributed by atoms with Gasteiger partial charge in [-0.05, 0) is 44.9 Å². The quantitative estimate of drug-likeness (QED) is 0.0284. The Bertz CT molecular complexity index is 2450. The minimum Gasteiger partial charge on any atom is -0.477 e. The van der Waals surface area contributed by atoms with Crippen LogP contribution >= 0.6 is 0 Å². The van der Waals surface area contributed by atoms with Crippen molar-refractivity contribution in [2.24, 2.45) is 0 Å². The molecular weight excluding hydrogens is 1350 g/mol. The number of nitrogens with one attached hydrogen (secondary N) is 3. The Morgan fingerprint density at radius 3 is 1.48 bits per heavy atom. The molecule has 24 unspecified atom stereocenters. The van der Waals surface area contributed by atoms with Crippen LogP contribution in [0, 0.1) is 0 Å². The molecule has 102 heavy (non-hydrogen) atoms. The number of ether oxygens (including phenoxy) is 8. The molecule has 0 aromatic rings. The summed E-state index contributed by atoms with van der Waals surface area (Å²) in [5.41, 5.74) is 0. The van der Waals surface area contributed by atoms with E-state index in [2.05, 4.69) is 41.9 Å². The summed E-state index contributed by atoms with van der Waals surface area (Å²) in [4.78, 5) is 64.9. The van der Waals surface area contributed by atoms with Gasteiger partial charge in [-0.3, -0.25) is 14.4 Å². The minimum absolute atomic E-state index is 0.146. The van der Waals surface area contributed by atoms with Gasteiger partial charge in [0, 0.05) is 33.1 Å². The van der Waals surface area contributed by atoms with Crippen molar-refractivity contribution >= 4 is 29.7 Å². The van der Waals surface area contributed by atoms with Crippen molar-refractivity contribution in [2.45, 2.75) is 354 Å². The zero-order valence-electron chi connectivity index (χ0n) is 59.8. The molecule has 4 heterocycles. The number of carbonyl (C=O) groups is 5. The van der Waals surface area contributed by atoms with Gasteiger partial charge in [0.2, 0.25) is 17.7 Å². The Morgan fingerprint density at radius 2 is 0.990 bits per heavy atom. The first-order valence-electron chi connectivity index (χ1n) is 36.9. The molecular formula is C70H123N3O29. The molecule has 0 aromatic carbocycles. The maximum Gasteiger partial charge on any atom is 0.364 e. The van der Waals surface area contributed by atoms with Crippen molar-refractivity contribution in [3.63, 3.8) is 0 Å². The van der Waals surface area contributed by atoms with Crippen LogP contribution in [0.3, 0.4) is 0 Å². The van der Waals surface area contributed by atoms with Gasteiger partial charge >= 0.3 is 11.9 Å². The Kier molecular flexibility index (Phi) is 42.2. The van der Waals surface area contributed by atoms with E-state index in [9.17, 15) is 106 Å². The summed E-state index contributed by atoms with van der Waals surface area (Å²) < 4.78 is 46.4. The molecule has 4 fully saturated rings. The van der Waals surface area contributed by atoms with Gasteiger partial charge in [0.05, 0.1) is 69.5 Å². The SMILES string of the molecule is CCCCCCC=CCCCCCCCCCC(=O)NC(COC1OC(CO)C(OC2OC(CO)C(O)C(OC3(C(=O)O)CC(O)C(NC(C)=O)C(C(O)C(CO)OC4(C(=O)O)CC(O)C(NC(C)=O)C(C(O)C(O)CO)O4)O3)C2O)C(O)C1O)C(O)C=CCCCCCCCCCCCCC. The standard InChI is InChI=1S/C70H123N3O29/c1-5-7-9-11-13-15-17-19-20-22-24-26-28-30-32-34-52(84)73-44(45(80)33-31-29-27-25-23-21-18-16-14-12-10-8-6-2)41-95-65-59(89)58(88)61(51(40-77)97-65)98-66-60(90)64(56(86)49(38-75)96-66)102-70(68(93)94)36-47(82)54(72-43(4)79)63(101-70)57(87)50(39-76)99-69(67(91)92)35-46(81)53(71-42(3)78)62(100-69)55(85)48(83)37-74/h15,17,31,33,44-51,53-66,74-77,80-83,85-90H,5-14,16,18-30,32,34-41H2,1-4H3,(H,71,78)(H,72,79)(H,73,84)(H,91,92)(H,93,94). The average molecular weight is 1470 g/mol. The number of unbranched alkanes of at least 4 members (excludes halogenated alkanes) is 22. The lowest BCUT2D eigenvalue weighted by molar-refractivity contribution is -0.388. The molecule has 32 nitrogen and oxygen atoms in total. The van der Waals surface area contributed by atoms with Crippen LogP contribution in [0.25, 0.3) is 0 Å². The molecule has 0 spiro atoms. The predicted octanol–water partition coefficient (Wildman–Crippen LogP) is 0.115. The molecule has 32 heteroatoms. The molecule has 592 valence electrons. The average Bonchev–Trinajstić information content (AvgIpc) is 0.755. The number of carbonyl (C=O) groups excluding carboxylic acids is 3. The first kappa shape index (κ1) is 90.3. The Labute approximate surface area is 598 Å². The zero-order valence-corrected chi connectivity index (χ0v) is 59.8. The maximum absolute atomic E-state index is 13.6. The Balaban J connectivity index is 1.50.